The number of ether oxygens (including phenoxy) is 3. The summed E-state index contributed by atoms with van der Waals surface area (Å²) in [5, 5.41) is 2.49. The largest absolute Gasteiger partial charge is 0.493 e. The van der Waals surface area contributed by atoms with Gasteiger partial charge < -0.3 is 19.5 Å². The lowest BCUT2D eigenvalue weighted by molar-refractivity contribution is -0.144. The average molecular weight is 365 g/mol. The van der Waals surface area contributed by atoms with Crippen molar-refractivity contribution in [2.75, 3.05) is 13.2 Å². The van der Waals surface area contributed by atoms with Crippen LogP contribution >= 0.6 is 0 Å². The van der Waals surface area contributed by atoms with E-state index in [1.165, 1.54) is 6.92 Å². The second kappa shape index (κ2) is 9.79. The Kier molecular flexibility index (Phi) is 8.09. The monoisotopic (exact) mass is 365 g/mol. The molecule has 0 saturated carbocycles. The summed E-state index contributed by atoms with van der Waals surface area (Å²) in [6.07, 6.45) is -0.576. The van der Waals surface area contributed by atoms with Crippen LogP contribution in [0.25, 0.3) is 0 Å². The highest BCUT2D eigenvalue weighted by molar-refractivity contribution is 5.94. The van der Waals surface area contributed by atoms with Gasteiger partial charge in [0, 0.05) is 17.7 Å². The van der Waals surface area contributed by atoms with Crippen molar-refractivity contribution in [2.24, 2.45) is 0 Å². The molecule has 0 fully saturated rings. The van der Waals surface area contributed by atoms with E-state index in [1.807, 2.05) is 6.92 Å². The zero-order chi connectivity index (χ0) is 19.7. The fourth-order valence-electron chi connectivity index (χ4n) is 2.02. The van der Waals surface area contributed by atoms with Crippen molar-refractivity contribution in [1.82, 2.24) is 5.32 Å². The van der Waals surface area contributed by atoms with E-state index in [0.717, 1.165) is 0 Å². The number of esters is 1. The molecule has 0 heterocycles. The minimum Gasteiger partial charge on any atom is -0.493 e. The third-order valence-corrected chi connectivity index (χ3v) is 3.15. The topological polar surface area (TPSA) is 90.9 Å². The fraction of sp³-hybridized carbons (Fsp3) is 0.526. The lowest BCUT2D eigenvalue weighted by atomic mass is 10.1. The van der Waals surface area contributed by atoms with E-state index in [9.17, 15) is 14.4 Å². The van der Waals surface area contributed by atoms with Crippen molar-refractivity contribution in [3.8, 4) is 5.75 Å². The number of hydrogen-bond acceptors (Lipinski definition) is 6. The van der Waals surface area contributed by atoms with Gasteiger partial charge in [-0.25, -0.2) is 4.79 Å². The van der Waals surface area contributed by atoms with E-state index < -0.39 is 17.7 Å². The molecule has 26 heavy (non-hydrogen) atoms. The number of nitrogens with one attached hydrogen (secondary N) is 1. The highest BCUT2D eigenvalue weighted by Crippen LogP contribution is 2.22. The molecule has 0 aliphatic carbocycles. The molecule has 0 bridgehead atoms. The highest BCUT2D eigenvalue weighted by atomic mass is 16.6. The second-order valence-corrected chi connectivity index (χ2v) is 6.65. The minimum atomic E-state index is -0.595. The summed E-state index contributed by atoms with van der Waals surface area (Å²) in [5.41, 5.74) is 0.543. The number of ketones is 1. The van der Waals surface area contributed by atoms with Gasteiger partial charge in [-0.1, -0.05) is 0 Å². The predicted molar refractivity (Wildman–Crippen MR) is 96.3 cm³/mol. The van der Waals surface area contributed by atoms with Gasteiger partial charge in [-0.3, -0.25) is 9.59 Å². The Morgan fingerprint density at radius 3 is 2.42 bits per heavy atom. The van der Waals surface area contributed by atoms with Gasteiger partial charge in [0.2, 0.25) is 0 Å². The summed E-state index contributed by atoms with van der Waals surface area (Å²) in [6.45, 7) is 9.14. The van der Waals surface area contributed by atoms with E-state index >= 15 is 0 Å². The van der Waals surface area contributed by atoms with Gasteiger partial charge in [0.1, 0.15) is 18.0 Å². The molecule has 7 nitrogen and oxygen atoms in total. The fourth-order valence-corrected chi connectivity index (χ4v) is 2.02. The van der Waals surface area contributed by atoms with Crippen LogP contribution < -0.4 is 10.1 Å². The van der Waals surface area contributed by atoms with Crippen LogP contribution in [0.4, 0.5) is 4.79 Å². The number of rotatable bonds is 8. The van der Waals surface area contributed by atoms with Crippen LogP contribution in [0.3, 0.4) is 0 Å². The molecule has 0 aromatic heterocycles. The number of amides is 1. The third kappa shape index (κ3) is 8.00. The van der Waals surface area contributed by atoms with Crippen LogP contribution in [0, 0.1) is 0 Å². The Hall–Kier alpha value is -2.57. The Bertz CT molecular complexity index is 648. The first-order valence-corrected chi connectivity index (χ1v) is 8.51. The Balaban J connectivity index is 2.52. The molecule has 0 aliphatic rings. The standard InChI is InChI=1S/C19H27NO6/c1-6-24-16-8-7-14(13(2)21)11-15(16)12-25-17(22)9-10-20-18(23)26-19(3,4)5/h7-8,11H,6,9-10,12H2,1-5H3,(H,20,23). The van der Waals surface area contributed by atoms with E-state index in [4.69, 9.17) is 14.2 Å². The molecule has 0 aliphatic heterocycles. The molecule has 0 saturated heterocycles. The molecule has 1 rings (SSSR count). The van der Waals surface area contributed by atoms with Crippen LogP contribution in [0.2, 0.25) is 0 Å². The number of carbonyl (C=O) groups excluding carboxylic acids is 3. The van der Waals surface area contributed by atoms with Gasteiger partial charge in [0.25, 0.3) is 0 Å². The van der Waals surface area contributed by atoms with E-state index in [1.54, 1.807) is 39.0 Å². The summed E-state index contributed by atoms with van der Waals surface area (Å²) in [7, 11) is 0. The summed E-state index contributed by atoms with van der Waals surface area (Å²) in [6, 6.07) is 5.01. The summed E-state index contributed by atoms with van der Waals surface area (Å²) >= 11 is 0. The molecule has 144 valence electrons. The van der Waals surface area contributed by atoms with Crippen molar-refractivity contribution in [1.29, 1.82) is 0 Å². The smallest absolute Gasteiger partial charge is 0.407 e. The maximum Gasteiger partial charge on any atom is 0.407 e. The summed E-state index contributed by atoms with van der Waals surface area (Å²) < 4.78 is 15.8. The van der Waals surface area contributed by atoms with E-state index in [2.05, 4.69) is 5.32 Å². The Morgan fingerprint density at radius 2 is 1.85 bits per heavy atom. The van der Waals surface area contributed by atoms with Crippen LogP contribution in [-0.2, 0) is 20.9 Å². The highest BCUT2D eigenvalue weighted by Gasteiger charge is 2.16. The van der Waals surface area contributed by atoms with Crippen molar-refractivity contribution < 1.29 is 28.6 Å². The van der Waals surface area contributed by atoms with Crippen molar-refractivity contribution in [3.05, 3.63) is 29.3 Å². The molecule has 0 atom stereocenters. The molecule has 1 amide bonds. The molecular formula is C19H27NO6. The first-order chi connectivity index (χ1) is 12.1. The maximum absolute atomic E-state index is 11.8. The van der Waals surface area contributed by atoms with Gasteiger partial charge in [0.05, 0.1) is 13.0 Å². The van der Waals surface area contributed by atoms with Crippen molar-refractivity contribution >= 4 is 17.8 Å². The Labute approximate surface area is 154 Å². The van der Waals surface area contributed by atoms with Gasteiger partial charge in [-0.05, 0) is 52.8 Å². The minimum absolute atomic E-state index is 0.00953. The molecule has 1 N–H and O–H groups in total. The number of hydrogen-bond donors (Lipinski definition) is 1. The normalized spacial score (nSPS) is 10.8. The number of carbonyl (C=O) groups is 3. The number of alkyl carbamates (subject to hydrolysis) is 1. The Morgan fingerprint density at radius 1 is 1.15 bits per heavy atom. The first-order valence-electron chi connectivity index (χ1n) is 8.51. The zero-order valence-corrected chi connectivity index (χ0v) is 16.0. The SMILES string of the molecule is CCOc1ccc(C(C)=O)cc1COC(=O)CCNC(=O)OC(C)(C)C. The molecule has 0 spiro atoms. The van der Waals surface area contributed by atoms with Crippen LogP contribution in [0.1, 0.15) is 57.0 Å². The molecule has 0 radical (unpaired) electrons. The quantitative estimate of drug-likeness (QED) is 0.562. The first kappa shape index (κ1) is 21.5. The lowest BCUT2D eigenvalue weighted by Crippen LogP contribution is -2.33. The average Bonchev–Trinajstić information content (AvgIpc) is 2.52. The van der Waals surface area contributed by atoms with Gasteiger partial charge in [0.15, 0.2) is 5.78 Å². The van der Waals surface area contributed by atoms with E-state index in [0.29, 0.717) is 23.5 Å². The van der Waals surface area contributed by atoms with Gasteiger partial charge >= 0.3 is 12.1 Å². The molecule has 0 unspecified atom stereocenters. The maximum atomic E-state index is 11.8. The molecule has 7 heteroatoms. The zero-order valence-electron chi connectivity index (χ0n) is 16.0. The molecule has 1 aromatic rings. The number of benzene rings is 1. The van der Waals surface area contributed by atoms with E-state index in [-0.39, 0.29) is 25.4 Å². The van der Waals surface area contributed by atoms with Crippen LogP contribution in [0.15, 0.2) is 18.2 Å². The lowest BCUT2D eigenvalue weighted by Gasteiger charge is -2.19. The van der Waals surface area contributed by atoms with Crippen molar-refractivity contribution in [3.63, 3.8) is 0 Å². The second-order valence-electron chi connectivity index (χ2n) is 6.65. The third-order valence-electron chi connectivity index (χ3n) is 3.15. The number of Topliss-reactive ketones (excluding diaryl/α,β-unsaturated/α-hetero) is 1. The molecular weight excluding hydrogens is 338 g/mol. The summed E-state index contributed by atoms with van der Waals surface area (Å²) in [5.74, 6) is 0.0103. The van der Waals surface area contributed by atoms with Gasteiger partial charge in [-0.15, -0.1) is 0 Å². The van der Waals surface area contributed by atoms with Crippen LogP contribution in [-0.4, -0.2) is 36.6 Å². The summed E-state index contributed by atoms with van der Waals surface area (Å²) in [4.78, 5) is 34.9. The molecule has 1 aromatic carbocycles. The van der Waals surface area contributed by atoms with Gasteiger partial charge in [-0.2, -0.15) is 0 Å². The van der Waals surface area contributed by atoms with Crippen LogP contribution in [0.5, 0.6) is 5.75 Å². The predicted octanol–water partition coefficient (Wildman–Crippen LogP) is 3.25. The van der Waals surface area contributed by atoms with Crippen molar-refractivity contribution in [2.45, 2.75) is 53.2 Å².